The van der Waals surface area contributed by atoms with Gasteiger partial charge in [0, 0.05) is 30.6 Å². The van der Waals surface area contributed by atoms with E-state index in [-0.39, 0.29) is 17.7 Å². The van der Waals surface area contributed by atoms with Crippen molar-refractivity contribution in [2.24, 2.45) is 11.8 Å². The van der Waals surface area contributed by atoms with Gasteiger partial charge in [-0.3, -0.25) is 9.59 Å². The van der Waals surface area contributed by atoms with Crippen LogP contribution in [-0.2, 0) is 9.59 Å². The summed E-state index contributed by atoms with van der Waals surface area (Å²) in [5.41, 5.74) is 1.98. The molecular weight excluding hydrogens is 312 g/mol. The summed E-state index contributed by atoms with van der Waals surface area (Å²) < 4.78 is 0. The Balaban J connectivity index is 1.50. The minimum absolute atomic E-state index is 0.0350. The quantitative estimate of drug-likeness (QED) is 0.897. The van der Waals surface area contributed by atoms with Gasteiger partial charge in [0.25, 0.3) is 0 Å². The van der Waals surface area contributed by atoms with Crippen molar-refractivity contribution in [3.05, 3.63) is 29.8 Å². The highest BCUT2D eigenvalue weighted by molar-refractivity contribution is 5.93. The summed E-state index contributed by atoms with van der Waals surface area (Å²) in [5, 5.41) is 3.06. The van der Waals surface area contributed by atoms with Crippen molar-refractivity contribution >= 4 is 17.5 Å². The van der Waals surface area contributed by atoms with Crippen LogP contribution >= 0.6 is 0 Å². The molecule has 2 aliphatic rings. The van der Waals surface area contributed by atoms with E-state index >= 15 is 0 Å². The molecule has 3 rings (SSSR count). The number of hydrogen-bond donors (Lipinski definition) is 1. The topological polar surface area (TPSA) is 49.4 Å². The summed E-state index contributed by atoms with van der Waals surface area (Å²) in [6, 6.07) is 7.87. The molecule has 0 radical (unpaired) electrons. The second-order valence-electron chi connectivity index (χ2n) is 7.59. The Morgan fingerprint density at radius 3 is 2.16 bits per heavy atom. The number of likely N-dealkylation sites (tertiary alicyclic amines) is 1. The molecule has 1 aromatic carbocycles. The Morgan fingerprint density at radius 2 is 1.52 bits per heavy atom. The fourth-order valence-electron chi connectivity index (χ4n) is 4.10. The number of amides is 2. The van der Waals surface area contributed by atoms with E-state index in [1.807, 2.05) is 31.2 Å². The van der Waals surface area contributed by atoms with Gasteiger partial charge >= 0.3 is 0 Å². The van der Waals surface area contributed by atoms with Gasteiger partial charge in [-0.15, -0.1) is 0 Å². The van der Waals surface area contributed by atoms with Crippen LogP contribution in [-0.4, -0.2) is 29.8 Å². The lowest BCUT2D eigenvalue weighted by Crippen LogP contribution is -2.39. The third-order valence-electron chi connectivity index (χ3n) is 5.77. The van der Waals surface area contributed by atoms with E-state index < -0.39 is 0 Å². The molecule has 1 saturated heterocycles. The molecule has 4 nitrogen and oxygen atoms in total. The third kappa shape index (κ3) is 4.62. The van der Waals surface area contributed by atoms with Crippen LogP contribution < -0.4 is 5.32 Å². The molecule has 0 atom stereocenters. The van der Waals surface area contributed by atoms with Gasteiger partial charge in [-0.1, -0.05) is 31.0 Å². The number of hydrogen-bond acceptors (Lipinski definition) is 2. The van der Waals surface area contributed by atoms with Crippen LogP contribution in [0.3, 0.4) is 0 Å². The van der Waals surface area contributed by atoms with E-state index in [2.05, 4.69) is 10.2 Å². The molecule has 1 saturated carbocycles. The van der Waals surface area contributed by atoms with Gasteiger partial charge in [0.2, 0.25) is 11.8 Å². The van der Waals surface area contributed by atoms with Gasteiger partial charge in [0.05, 0.1) is 0 Å². The maximum atomic E-state index is 12.7. The Bertz CT molecular complexity index is 598. The summed E-state index contributed by atoms with van der Waals surface area (Å²) in [6.07, 6.45) is 8.11. The minimum atomic E-state index is 0.0350. The van der Waals surface area contributed by atoms with Gasteiger partial charge in [-0.2, -0.15) is 0 Å². The lowest BCUT2D eigenvalue weighted by molar-refractivity contribution is -0.137. The van der Waals surface area contributed by atoms with Gasteiger partial charge < -0.3 is 10.2 Å². The highest BCUT2D eigenvalue weighted by Crippen LogP contribution is 2.31. The lowest BCUT2D eigenvalue weighted by atomic mass is 9.80. The predicted molar refractivity (Wildman–Crippen MR) is 100 cm³/mol. The number of benzene rings is 1. The molecule has 0 aromatic heterocycles. The first-order chi connectivity index (χ1) is 12.1. The molecule has 0 spiro atoms. The van der Waals surface area contributed by atoms with Crippen molar-refractivity contribution < 1.29 is 9.59 Å². The normalized spacial score (nSPS) is 24.4. The molecule has 0 bridgehead atoms. The Kier molecular flexibility index (Phi) is 6.11. The van der Waals surface area contributed by atoms with Crippen molar-refractivity contribution in [1.82, 2.24) is 4.90 Å². The van der Waals surface area contributed by atoms with E-state index in [4.69, 9.17) is 0 Å². The van der Waals surface area contributed by atoms with Crippen molar-refractivity contribution in [1.29, 1.82) is 0 Å². The maximum absolute atomic E-state index is 12.7. The fraction of sp³-hybridized carbons (Fsp3) is 0.619. The second kappa shape index (κ2) is 8.50. The summed E-state index contributed by atoms with van der Waals surface area (Å²) in [6.45, 7) is 3.85. The number of aryl methyl sites for hydroxylation is 1. The van der Waals surface area contributed by atoms with Crippen molar-refractivity contribution in [2.45, 2.75) is 58.3 Å². The first-order valence-corrected chi connectivity index (χ1v) is 9.80. The Morgan fingerprint density at radius 1 is 0.920 bits per heavy atom. The highest BCUT2D eigenvalue weighted by Gasteiger charge is 2.32. The SMILES string of the molecule is Cc1ccccc1NC(=O)C1CCC(C(=O)N2CCCCCC2)CC1. The summed E-state index contributed by atoms with van der Waals surface area (Å²) in [7, 11) is 0. The average Bonchev–Trinajstić information content (AvgIpc) is 2.92. The van der Waals surface area contributed by atoms with Crippen LogP contribution in [0.5, 0.6) is 0 Å². The zero-order chi connectivity index (χ0) is 17.6. The molecule has 0 unspecified atom stereocenters. The second-order valence-corrected chi connectivity index (χ2v) is 7.59. The van der Waals surface area contributed by atoms with Crippen LogP contribution in [0.25, 0.3) is 0 Å². The number of nitrogens with one attached hydrogen (secondary N) is 1. The van der Waals surface area contributed by atoms with E-state index in [0.29, 0.717) is 5.91 Å². The lowest BCUT2D eigenvalue weighted by Gasteiger charge is -2.31. The van der Waals surface area contributed by atoms with Crippen molar-refractivity contribution in [3.8, 4) is 0 Å². The summed E-state index contributed by atoms with van der Waals surface area (Å²) in [4.78, 5) is 27.4. The molecule has 1 aliphatic heterocycles. The number of anilines is 1. The number of para-hydroxylation sites is 1. The Hall–Kier alpha value is -1.84. The van der Waals surface area contributed by atoms with Crippen LogP contribution in [0.15, 0.2) is 24.3 Å². The molecule has 4 heteroatoms. The molecule has 2 fully saturated rings. The van der Waals surface area contributed by atoms with Crippen LogP contribution in [0.4, 0.5) is 5.69 Å². The summed E-state index contributed by atoms with van der Waals surface area (Å²) >= 11 is 0. The number of nitrogens with zero attached hydrogens (tertiary/aromatic N) is 1. The molecule has 25 heavy (non-hydrogen) atoms. The number of carbonyl (C=O) groups is 2. The van der Waals surface area contributed by atoms with E-state index in [1.54, 1.807) is 0 Å². The first kappa shape index (κ1) is 18.0. The van der Waals surface area contributed by atoms with Gasteiger partial charge in [-0.25, -0.2) is 0 Å². The van der Waals surface area contributed by atoms with E-state index in [9.17, 15) is 9.59 Å². The average molecular weight is 342 g/mol. The zero-order valence-electron chi connectivity index (χ0n) is 15.3. The van der Waals surface area contributed by atoms with Gasteiger partial charge in [-0.05, 0) is 57.1 Å². The molecular formula is C21H30N2O2. The third-order valence-corrected chi connectivity index (χ3v) is 5.77. The molecule has 136 valence electrons. The molecule has 1 N–H and O–H groups in total. The van der Waals surface area contributed by atoms with Gasteiger partial charge in [0.15, 0.2) is 0 Å². The van der Waals surface area contributed by atoms with Crippen molar-refractivity contribution in [3.63, 3.8) is 0 Å². The number of rotatable bonds is 3. The highest BCUT2D eigenvalue weighted by atomic mass is 16.2. The van der Waals surface area contributed by atoms with Crippen molar-refractivity contribution in [2.75, 3.05) is 18.4 Å². The van der Waals surface area contributed by atoms with E-state index in [1.165, 1.54) is 12.8 Å². The minimum Gasteiger partial charge on any atom is -0.342 e. The smallest absolute Gasteiger partial charge is 0.227 e. The van der Waals surface area contributed by atoms with Crippen LogP contribution in [0.2, 0.25) is 0 Å². The zero-order valence-corrected chi connectivity index (χ0v) is 15.3. The van der Waals surface area contributed by atoms with Crippen LogP contribution in [0.1, 0.15) is 56.9 Å². The van der Waals surface area contributed by atoms with Crippen LogP contribution in [0, 0.1) is 18.8 Å². The largest absolute Gasteiger partial charge is 0.342 e. The number of carbonyl (C=O) groups excluding carboxylic acids is 2. The van der Waals surface area contributed by atoms with E-state index in [0.717, 1.165) is 62.9 Å². The monoisotopic (exact) mass is 342 g/mol. The molecule has 1 aliphatic carbocycles. The first-order valence-electron chi connectivity index (χ1n) is 9.80. The molecule has 1 heterocycles. The molecule has 2 amide bonds. The Labute approximate surface area is 151 Å². The fourth-order valence-corrected chi connectivity index (χ4v) is 4.10. The van der Waals surface area contributed by atoms with Gasteiger partial charge in [0.1, 0.15) is 0 Å². The summed E-state index contributed by atoms with van der Waals surface area (Å²) in [5.74, 6) is 0.600. The predicted octanol–water partition coefficient (Wildman–Crippen LogP) is 4.14. The maximum Gasteiger partial charge on any atom is 0.227 e. The standard InChI is InChI=1S/C21H30N2O2/c1-16-8-4-5-9-19(16)22-20(24)17-10-12-18(13-11-17)21(25)23-14-6-2-3-7-15-23/h4-5,8-9,17-18H,2-3,6-7,10-15H2,1H3,(H,22,24). The molecule has 1 aromatic rings.